The Balaban J connectivity index is 2.75. The van der Waals surface area contributed by atoms with Crippen molar-refractivity contribution in [3.8, 4) is 0 Å². The molecule has 17 heavy (non-hydrogen) atoms. The van der Waals surface area contributed by atoms with E-state index in [4.69, 9.17) is 4.74 Å². The number of benzene rings is 1. The molecule has 0 bridgehead atoms. The van der Waals surface area contributed by atoms with Crippen LogP contribution < -0.4 is 0 Å². The second-order valence-corrected chi connectivity index (χ2v) is 3.54. The second kappa shape index (κ2) is 6.81. The molecule has 0 heterocycles. The van der Waals surface area contributed by atoms with Crippen LogP contribution in [0.1, 0.15) is 10.4 Å². The van der Waals surface area contributed by atoms with Crippen LogP contribution in [-0.4, -0.2) is 37.6 Å². The van der Waals surface area contributed by atoms with Crippen LogP contribution >= 0.6 is 0 Å². The molecule has 0 N–H and O–H groups in total. The van der Waals surface area contributed by atoms with Gasteiger partial charge in [-0.25, -0.2) is 4.39 Å². The molecule has 4 heteroatoms. The van der Waals surface area contributed by atoms with Gasteiger partial charge in [0, 0.05) is 25.8 Å². The maximum Gasteiger partial charge on any atom is 0.254 e. The van der Waals surface area contributed by atoms with Gasteiger partial charge in [-0.1, -0.05) is 6.08 Å². The molecule has 1 rings (SSSR count). The molecule has 0 radical (unpaired) electrons. The fourth-order valence-electron chi connectivity index (χ4n) is 1.41. The molecule has 0 saturated carbocycles. The summed E-state index contributed by atoms with van der Waals surface area (Å²) in [5, 5.41) is 0. The van der Waals surface area contributed by atoms with Gasteiger partial charge in [-0.3, -0.25) is 4.79 Å². The minimum absolute atomic E-state index is 0.151. The largest absolute Gasteiger partial charge is 0.383 e. The molecule has 0 spiro atoms. The zero-order chi connectivity index (χ0) is 12.7. The molecular weight excluding hydrogens is 221 g/mol. The normalized spacial score (nSPS) is 10.0. The minimum atomic E-state index is -0.353. The first-order valence-electron chi connectivity index (χ1n) is 5.33. The van der Waals surface area contributed by atoms with Crippen molar-refractivity contribution in [1.29, 1.82) is 0 Å². The fourth-order valence-corrected chi connectivity index (χ4v) is 1.41. The third-order valence-electron chi connectivity index (χ3n) is 2.29. The Morgan fingerprint density at radius 2 is 2.12 bits per heavy atom. The van der Waals surface area contributed by atoms with Crippen molar-refractivity contribution < 1.29 is 13.9 Å². The van der Waals surface area contributed by atoms with E-state index < -0.39 is 0 Å². The van der Waals surface area contributed by atoms with E-state index in [0.717, 1.165) is 0 Å². The topological polar surface area (TPSA) is 29.5 Å². The first-order chi connectivity index (χ1) is 8.19. The van der Waals surface area contributed by atoms with Gasteiger partial charge in [0.2, 0.25) is 0 Å². The first-order valence-corrected chi connectivity index (χ1v) is 5.33. The summed E-state index contributed by atoms with van der Waals surface area (Å²) in [6.07, 6.45) is 1.65. The van der Waals surface area contributed by atoms with Gasteiger partial charge in [0.15, 0.2) is 0 Å². The molecule has 0 saturated heterocycles. The highest BCUT2D eigenvalue weighted by molar-refractivity contribution is 5.94. The Morgan fingerprint density at radius 3 is 2.65 bits per heavy atom. The zero-order valence-electron chi connectivity index (χ0n) is 9.86. The van der Waals surface area contributed by atoms with Gasteiger partial charge in [-0.2, -0.15) is 0 Å². The number of carbonyl (C=O) groups is 1. The summed E-state index contributed by atoms with van der Waals surface area (Å²) in [6, 6.07) is 5.49. The third kappa shape index (κ3) is 4.00. The van der Waals surface area contributed by atoms with Crippen LogP contribution in [0.2, 0.25) is 0 Å². The average Bonchev–Trinajstić information content (AvgIpc) is 2.34. The van der Waals surface area contributed by atoms with E-state index in [-0.39, 0.29) is 11.7 Å². The van der Waals surface area contributed by atoms with Crippen molar-refractivity contribution >= 4 is 5.91 Å². The van der Waals surface area contributed by atoms with Crippen molar-refractivity contribution in [2.24, 2.45) is 0 Å². The smallest absolute Gasteiger partial charge is 0.254 e. The number of ether oxygens (including phenoxy) is 1. The Morgan fingerprint density at radius 1 is 1.47 bits per heavy atom. The summed E-state index contributed by atoms with van der Waals surface area (Å²) in [5.41, 5.74) is 0.462. The minimum Gasteiger partial charge on any atom is -0.383 e. The monoisotopic (exact) mass is 237 g/mol. The summed E-state index contributed by atoms with van der Waals surface area (Å²) >= 11 is 0. The molecular formula is C13H16FNO2. The highest BCUT2D eigenvalue weighted by Crippen LogP contribution is 2.07. The van der Waals surface area contributed by atoms with Gasteiger partial charge in [0.1, 0.15) is 5.82 Å². The lowest BCUT2D eigenvalue weighted by atomic mass is 10.2. The van der Waals surface area contributed by atoms with Crippen molar-refractivity contribution in [3.63, 3.8) is 0 Å². The highest BCUT2D eigenvalue weighted by atomic mass is 19.1. The summed E-state index contributed by atoms with van der Waals surface area (Å²) in [4.78, 5) is 13.7. The summed E-state index contributed by atoms with van der Waals surface area (Å²) in [5.74, 6) is -0.504. The van der Waals surface area contributed by atoms with Crippen molar-refractivity contribution in [2.45, 2.75) is 0 Å². The molecule has 0 aliphatic heterocycles. The average molecular weight is 237 g/mol. The lowest BCUT2D eigenvalue weighted by Gasteiger charge is -2.20. The van der Waals surface area contributed by atoms with E-state index in [1.807, 2.05) is 0 Å². The first kappa shape index (κ1) is 13.4. The molecule has 0 atom stereocenters. The van der Waals surface area contributed by atoms with Crippen LogP contribution in [0.25, 0.3) is 0 Å². The molecule has 0 aromatic heterocycles. The third-order valence-corrected chi connectivity index (χ3v) is 2.29. The van der Waals surface area contributed by atoms with Crippen molar-refractivity contribution in [1.82, 2.24) is 4.90 Å². The van der Waals surface area contributed by atoms with Crippen LogP contribution in [0.5, 0.6) is 0 Å². The van der Waals surface area contributed by atoms with E-state index in [2.05, 4.69) is 6.58 Å². The molecule has 1 aromatic carbocycles. The number of amides is 1. The van der Waals surface area contributed by atoms with Gasteiger partial charge in [0.25, 0.3) is 5.91 Å². The predicted molar refractivity (Wildman–Crippen MR) is 64.4 cm³/mol. The van der Waals surface area contributed by atoms with Gasteiger partial charge in [-0.15, -0.1) is 6.58 Å². The van der Waals surface area contributed by atoms with Crippen molar-refractivity contribution in [3.05, 3.63) is 48.3 Å². The maximum atomic E-state index is 12.7. The molecule has 0 aliphatic rings. The number of carbonyl (C=O) groups excluding carboxylic acids is 1. The molecule has 0 aliphatic carbocycles. The quantitative estimate of drug-likeness (QED) is 0.709. The lowest BCUT2D eigenvalue weighted by molar-refractivity contribution is 0.0718. The van der Waals surface area contributed by atoms with Gasteiger partial charge < -0.3 is 9.64 Å². The number of nitrogens with zero attached hydrogens (tertiary/aromatic N) is 1. The maximum absolute atomic E-state index is 12.7. The van der Waals surface area contributed by atoms with Crippen LogP contribution in [0.15, 0.2) is 36.9 Å². The Bertz CT molecular complexity index is 376. The van der Waals surface area contributed by atoms with E-state index in [1.165, 1.54) is 24.3 Å². The van der Waals surface area contributed by atoms with Crippen LogP contribution in [0.4, 0.5) is 4.39 Å². The summed E-state index contributed by atoms with van der Waals surface area (Å²) in [7, 11) is 1.58. The van der Waals surface area contributed by atoms with Crippen molar-refractivity contribution in [2.75, 3.05) is 26.8 Å². The van der Waals surface area contributed by atoms with Gasteiger partial charge in [-0.05, 0) is 24.3 Å². The molecule has 0 fully saturated rings. The highest BCUT2D eigenvalue weighted by Gasteiger charge is 2.13. The van der Waals surface area contributed by atoms with E-state index >= 15 is 0 Å². The number of halogens is 1. The van der Waals surface area contributed by atoms with E-state index in [0.29, 0.717) is 25.3 Å². The Hall–Kier alpha value is -1.68. The molecule has 1 amide bonds. The number of rotatable bonds is 6. The van der Waals surface area contributed by atoms with Crippen LogP contribution in [-0.2, 0) is 4.74 Å². The number of hydrogen-bond donors (Lipinski definition) is 0. The van der Waals surface area contributed by atoms with E-state index in [9.17, 15) is 9.18 Å². The predicted octanol–water partition coefficient (Wildman–Crippen LogP) is 2.10. The zero-order valence-corrected chi connectivity index (χ0v) is 9.86. The fraction of sp³-hybridized carbons (Fsp3) is 0.308. The van der Waals surface area contributed by atoms with E-state index in [1.54, 1.807) is 18.1 Å². The van der Waals surface area contributed by atoms with Gasteiger partial charge in [0.05, 0.1) is 6.61 Å². The van der Waals surface area contributed by atoms with Crippen LogP contribution in [0, 0.1) is 5.82 Å². The molecule has 92 valence electrons. The Labute approximate surface area is 100 Å². The molecule has 0 unspecified atom stereocenters. The van der Waals surface area contributed by atoms with Crippen LogP contribution in [0.3, 0.4) is 0 Å². The van der Waals surface area contributed by atoms with Gasteiger partial charge >= 0.3 is 0 Å². The second-order valence-electron chi connectivity index (χ2n) is 3.54. The Kier molecular flexibility index (Phi) is 5.36. The SMILES string of the molecule is C=CCN(CCOC)C(=O)c1ccc(F)cc1. The molecule has 1 aromatic rings. The summed E-state index contributed by atoms with van der Waals surface area (Å²) in [6.45, 7) is 4.99. The number of methoxy groups -OCH3 is 1. The standard InChI is InChI=1S/C13H16FNO2/c1-3-8-15(9-10-17-2)13(16)11-4-6-12(14)7-5-11/h3-7H,1,8-10H2,2H3. The number of hydrogen-bond acceptors (Lipinski definition) is 2. The molecule has 3 nitrogen and oxygen atoms in total. The lowest BCUT2D eigenvalue weighted by Crippen LogP contribution is -2.34. The summed E-state index contributed by atoms with van der Waals surface area (Å²) < 4.78 is 17.7.